The van der Waals surface area contributed by atoms with Crippen molar-refractivity contribution in [2.75, 3.05) is 0 Å². The molecule has 0 bridgehead atoms. The maximum absolute atomic E-state index is 12.0. The molecule has 0 aliphatic heterocycles. The molecule has 1 aliphatic rings. The van der Waals surface area contributed by atoms with Crippen LogP contribution in [0, 0.1) is 0 Å². The maximum atomic E-state index is 12.0. The lowest BCUT2D eigenvalue weighted by atomic mass is 10.3. The van der Waals surface area contributed by atoms with E-state index in [0.717, 1.165) is 24.5 Å². The number of thiophene rings is 1. The van der Waals surface area contributed by atoms with Gasteiger partial charge in [0.2, 0.25) is 0 Å². The van der Waals surface area contributed by atoms with Crippen LogP contribution in [0.15, 0.2) is 29.0 Å². The third kappa shape index (κ3) is 4.20. The first-order valence-corrected chi connectivity index (χ1v) is 7.04. The van der Waals surface area contributed by atoms with Crippen LogP contribution in [0.1, 0.15) is 18.4 Å². The van der Waals surface area contributed by atoms with Gasteiger partial charge in [0, 0.05) is 24.7 Å². The van der Waals surface area contributed by atoms with Gasteiger partial charge in [0.15, 0.2) is 0 Å². The summed E-state index contributed by atoms with van der Waals surface area (Å²) in [6, 6.07) is 1.60. The minimum atomic E-state index is -1.23. The molecule has 0 spiro atoms. The number of carboxylic acid groups (broad SMARTS) is 1. The molecule has 106 valence electrons. The number of urea groups is 1. The van der Waals surface area contributed by atoms with Crippen LogP contribution in [-0.4, -0.2) is 34.0 Å². The summed E-state index contributed by atoms with van der Waals surface area (Å²) in [5, 5.41) is 14.5. The Hall–Kier alpha value is -2.15. The molecule has 2 rings (SSSR count). The third-order valence-electron chi connectivity index (χ3n) is 2.79. The van der Waals surface area contributed by atoms with E-state index in [1.807, 2.05) is 16.8 Å². The van der Waals surface area contributed by atoms with Gasteiger partial charge in [-0.05, 0) is 35.2 Å². The molecule has 1 heterocycles. The van der Waals surface area contributed by atoms with E-state index in [1.165, 1.54) is 0 Å². The quantitative estimate of drug-likeness (QED) is 0.807. The summed E-state index contributed by atoms with van der Waals surface area (Å²) in [6.07, 6.45) is 3.38. The van der Waals surface area contributed by atoms with E-state index < -0.39 is 17.9 Å². The van der Waals surface area contributed by atoms with E-state index in [9.17, 15) is 14.4 Å². The standard InChI is InChI=1S/C13H14N2O4S/c16-11(3-4-12(17)18)14-13(19)15(10-1-2-10)7-9-5-6-20-8-9/h3-6,8,10H,1-2,7H2,(H,17,18)(H,14,16,19). The fourth-order valence-electron chi connectivity index (χ4n) is 1.70. The van der Waals surface area contributed by atoms with Crippen molar-refractivity contribution in [2.24, 2.45) is 0 Å². The number of nitrogens with zero attached hydrogens (tertiary/aromatic N) is 1. The molecule has 1 fully saturated rings. The molecule has 1 aromatic rings. The highest BCUT2D eigenvalue weighted by Crippen LogP contribution is 2.28. The van der Waals surface area contributed by atoms with E-state index in [0.29, 0.717) is 12.6 Å². The van der Waals surface area contributed by atoms with Gasteiger partial charge in [0.1, 0.15) is 0 Å². The van der Waals surface area contributed by atoms with E-state index in [4.69, 9.17) is 5.11 Å². The molecule has 0 atom stereocenters. The molecule has 0 aromatic carbocycles. The summed E-state index contributed by atoms with van der Waals surface area (Å²) in [6.45, 7) is 0.454. The normalized spacial score (nSPS) is 14.2. The number of hydrogen-bond donors (Lipinski definition) is 2. The highest BCUT2D eigenvalue weighted by molar-refractivity contribution is 7.07. The van der Waals surface area contributed by atoms with Crippen LogP contribution in [0.5, 0.6) is 0 Å². The lowest BCUT2D eigenvalue weighted by Gasteiger charge is -2.21. The fourth-order valence-corrected chi connectivity index (χ4v) is 2.36. The van der Waals surface area contributed by atoms with E-state index in [-0.39, 0.29) is 6.04 Å². The predicted molar refractivity (Wildman–Crippen MR) is 73.2 cm³/mol. The van der Waals surface area contributed by atoms with Crippen molar-refractivity contribution in [3.63, 3.8) is 0 Å². The van der Waals surface area contributed by atoms with Crippen LogP contribution in [-0.2, 0) is 16.1 Å². The van der Waals surface area contributed by atoms with Crippen molar-refractivity contribution >= 4 is 29.2 Å². The average Bonchev–Trinajstić information content (AvgIpc) is 3.10. The molecule has 2 N–H and O–H groups in total. The van der Waals surface area contributed by atoms with Crippen molar-refractivity contribution in [3.05, 3.63) is 34.5 Å². The predicted octanol–water partition coefficient (Wildman–Crippen LogP) is 1.59. The minimum Gasteiger partial charge on any atom is -0.478 e. The zero-order valence-electron chi connectivity index (χ0n) is 10.6. The SMILES string of the molecule is O=C(O)C=CC(=O)NC(=O)N(Cc1ccsc1)C1CC1. The van der Waals surface area contributed by atoms with Crippen molar-refractivity contribution in [2.45, 2.75) is 25.4 Å². The smallest absolute Gasteiger partial charge is 0.328 e. The molecule has 0 saturated heterocycles. The number of nitrogens with one attached hydrogen (secondary N) is 1. The van der Waals surface area contributed by atoms with Gasteiger partial charge in [-0.1, -0.05) is 0 Å². The number of imide groups is 1. The highest BCUT2D eigenvalue weighted by Gasteiger charge is 2.33. The number of carboxylic acids is 1. The van der Waals surface area contributed by atoms with Crippen molar-refractivity contribution in [1.29, 1.82) is 0 Å². The second kappa shape index (κ2) is 6.33. The summed E-state index contributed by atoms with van der Waals surface area (Å²) < 4.78 is 0. The van der Waals surface area contributed by atoms with Gasteiger partial charge in [0.25, 0.3) is 5.91 Å². The maximum Gasteiger partial charge on any atom is 0.328 e. The lowest BCUT2D eigenvalue weighted by Crippen LogP contribution is -2.43. The number of hydrogen-bond acceptors (Lipinski definition) is 4. The van der Waals surface area contributed by atoms with Crippen LogP contribution in [0.2, 0.25) is 0 Å². The molecule has 1 saturated carbocycles. The van der Waals surface area contributed by atoms with Gasteiger partial charge in [-0.2, -0.15) is 11.3 Å². The molecule has 0 unspecified atom stereocenters. The summed E-state index contributed by atoms with van der Waals surface area (Å²) in [5.74, 6) is -1.96. The van der Waals surface area contributed by atoms with Crippen molar-refractivity contribution in [1.82, 2.24) is 10.2 Å². The van der Waals surface area contributed by atoms with E-state index in [2.05, 4.69) is 5.32 Å². The first-order chi connectivity index (χ1) is 9.56. The van der Waals surface area contributed by atoms with Crippen LogP contribution in [0.3, 0.4) is 0 Å². The Labute approximate surface area is 119 Å². The molecule has 1 aromatic heterocycles. The summed E-state index contributed by atoms with van der Waals surface area (Å²) >= 11 is 1.55. The monoisotopic (exact) mass is 294 g/mol. The lowest BCUT2D eigenvalue weighted by molar-refractivity contribution is -0.131. The summed E-state index contributed by atoms with van der Waals surface area (Å²) in [4.78, 5) is 35.3. The summed E-state index contributed by atoms with van der Waals surface area (Å²) in [5.41, 5.74) is 1.02. The van der Waals surface area contributed by atoms with Crippen LogP contribution in [0.25, 0.3) is 0 Å². The van der Waals surface area contributed by atoms with Gasteiger partial charge >= 0.3 is 12.0 Å². The Morgan fingerprint density at radius 1 is 1.40 bits per heavy atom. The van der Waals surface area contributed by atoms with Crippen molar-refractivity contribution in [3.8, 4) is 0 Å². The van der Waals surface area contributed by atoms with Crippen LogP contribution < -0.4 is 5.32 Å². The topological polar surface area (TPSA) is 86.7 Å². The van der Waals surface area contributed by atoms with Crippen LogP contribution in [0.4, 0.5) is 4.79 Å². The Bertz CT molecular complexity index is 535. The largest absolute Gasteiger partial charge is 0.478 e. The van der Waals surface area contributed by atoms with Crippen molar-refractivity contribution < 1.29 is 19.5 Å². The first-order valence-electron chi connectivity index (χ1n) is 6.10. The van der Waals surface area contributed by atoms with Gasteiger partial charge in [-0.15, -0.1) is 0 Å². The highest BCUT2D eigenvalue weighted by atomic mass is 32.1. The molecular formula is C13H14N2O4S. The van der Waals surface area contributed by atoms with E-state index in [1.54, 1.807) is 16.2 Å². The molecule has 3 amide bonds. The molecule has 7 heteroatoms. The van der Waals surface area contributed by atoms with E-state index >= 15 is 0 Å². The number of rotatable bonds is 5. The molecule has 6 nitrogen and oxygen atoms in total. The fraction of sp³-hybridized carbons (Fsp3) is 0.308. The number of carbonyl (C=O) groups excluding carboxylic acids is 2. The zero-order chi connectivity index (χ0) is 14.5. The minimum absolute atomic E-state index is 0.158. The Kier molecular flexibility index (Phi) is 4.52. The third-order valence-corrected chi connectivity index (χ3v) is 3.52. The number of amides is 3. The molecule has 1 aliphatic carbocycles. The molecule has 20 heavy (non-hydrogen) atoms. The van der Waals surface area contributed by atoms with Gasteiger partial charge in [0.05, 0.1) is 0 Å². The average molecular weight is 294 g/mol. The summed E-state index contributed by atoms with van der Waals surface area (Å²) in [7, 11) is 0. The number of aliphatic carboxylic acids is 1. The Balaban J connectivity index is 1.94. The van der Waals surface area contributed by atoms with Crippen LogP contribution >= 0.6 is 11.3 Å². The Morgan fingerprint density at radius 3 is 2.70 bits per heavy atom. The molecular weight excluding hydrogens is 280 g/mol. The van der Waals surface area contributed by atoms with Gasteiger partial charge in [-0.3, -0.25) is 10.1 Å². The number of carbonyl (C=O) groups is 3. The Morgan fingerprint density at radius 2 is 2.15 bits per heavy atom. The first kappa shape index (κ1) is 14.3. The second-order valence-corrected chi connectivity index (χ2v) is 5.24. The zero-order valence-corrected chi connectivity index (χ0v) is 11.4. The molecule has 0 radical (unpaired) electrons. The second-order valence-electron chi connectivity index (χ2n) is 4.46. The van der Waals surface area contributed by atoms with Gasteiger partial charge < -0.3 is 10.0 Å². The van der Waals surface area contributed by atoms with Gasteiger partial charge in [-0.25, -0.2) is 9.59 Å².